The molecule has 1 aromatic carbocycles. The number of pyridine rings is 1. The first-order valence-electron chi connectivity index (χ1n) is 8.30. The molecule has 0 saturated heterocycles. The van der Waals surface area contributed by atoms with Crippen LogP contribution in [0.3, 0.4) is 0 Å². The van der Waals surface area contributed by atoms with Crippen molar-refractivity contribution < 1.29 is 9.53 Å². The topological polar surface area (TPSA) is 77.2 Å². The van der Waals surface area contributed by atoms with Gasteiger partial charge in [0.25, 0.3) is 5.91 Å². The smallest absolute Gasteiger partial charge is 0.255 e. The predicted octanol–water partition coefficient (Wildman–Crippen LogP) is 3.39. The second-order valence-electron chi connectivity index (χ2n) is 5.88. The van der Waals surface area contributed by atoms with Gasteiger partial charge in [-0.15, -0.1) is 11.3 Å². The fourth-order valence-electron chi connectivity index (χ4n) is 2.61. The third-order valence-electron chi connectivity index (χ3n) is 3.88. The summed E-state index contributed by atoms with van der Waals surface area (Å²) >= 11 is 1.70. The maximum absolute atomic E-state index is 12.3. The van der Waals surface area contributed by atoms with Crippen LogP contribution in [0.1, 0.15) is 31.4 Å². The highest BCUT2D eigenvalue weighted by molar-refractivity contribution is 7.12. The fourth-order valence-corrected chi connectivity index (χ4v) is 3.60. The first kappa shape index (κ1) is 18.1. The molecule has 26 heavy (non-hydrogen) atoms. The van der Waals surface area contributed by atoms with Crippen LogP contribution in [-0.2, 0) is 24.3 Å². The molecular formula is C20H21N3O2S. The van der Waals surface area contributed by atoms with Gasteiger partial charge in [0.1, 0.15) is 5.82 Å². The first-order chi connectivity index (χ1) is 12.7. The lowest BCUT2D eigenvalue weighted by atomic mass is 10.1. The van der Waals surface area contributed by atoms with Gasteiger partial charge in [-0.25, -0.2) is 4.98 Å². The van der Waals surface area contributed by atoms with Gasteiger partial charge >= 0.3 is 0 Å². The standard InChI is InChI=1S/C20H21N3O2S/c1-25-13-15-7-10-18(19(21)23-15)20(24)22-12-17-9-8-16(26-17)11-14-5-3-2-4-6-14/h2-10H,11-13H2,1H3,(H2,21,23)(H,22,24). The molecule has 0 radical (unpaired) electrons. The van der Waals surface area contributed by atoms with Gasteiger partial charge in [0.2, 0.25) is 0 Å². The molecule has 0 atom stereocenters. The molecule has 0 fully saturated rings. The zero-order valence-electron chi connectivity index (χ0n) is 14.6. The second-order valence-corrected chi connectivity index (χ2v) is 7.13. The molecule has 2 heterocycles. The SMILES string of the molecule is COCc1ccc(C(=O)NCc2ccc(Cc3ccccc3)s2)c(N)n1. The van der Waals surface area contributed by atoms with Crippen LogP contribution in [0.25, 0.3) is 0 Å². The number of amides is 1. The minimum Gasteiger partial charge on any atom is -0.383 e. The van der Waals surface area contributed by atoms with Gasteiger partial charge < -0.3 is 15.8 Å². The summed E-state index contributed by atoms with van der Waals surface area (Å²) in [5.41, 5.74) is 8.24. The molecule has 0 unspecified atom stereocenters. The van der Waals surface area contributed by atoms with Crippen LogP contribution in [0.2, 0.25) is 0 Å². The fraction of sp³-hybridized carbons (Fsp3) is 0.200. The molecule has 134 valence electrons. The molecule has 3 rings (SSSR count). The van der Waals surface area contributed by atoms with E-state index in [-0.39, 0.29) is 11.7 Å². The molecule has 0 spiro atoms. The van der Waals surface area contributed by atoms with E-state index in [4.69, 9.17) is 10.5 Å². The maximum atomic E-state index is 12.3. The third-order valence-corrected chi connectivity index (χ3v) is 4.97. The van der Waals surface area contributed by atoms with Crippen molar-refractivity contribution in [3.63, 3.8) is 0 Å². The van der Waals surface area contributed by atoms with Crippen molar-refractivity contribution in [1.29, 1.82) is 0 Å². The molecule has 0 aliphatic rings. The Morgan fingerprint density at radius 3 is 2.62 bits per heavy atom. The molecule has 0 saturated carbocycles. The van der Waals surface area contributed by atoms with E-state index in [9.17, 15) is 4.79 Å². The molecule has 2 aromatic heterocycles. The van der Waals surface area contributed by atoms with Gasteiger partial charge in [0, 0.05) is 23.3 Å². The summed E-state index contributed by atoms with van der Waals surface area (Å²) in [6, 6.07) is 17.9. The van der Waals surface area contributed by atoms with Crippen molar-refractivity contribution in [2.45, 2.75) is 19.6 Å². The Morgan fingerprint density at radius 1 is 1.12 bits per heavy atom. The van der Waals surface area contributed by atoms with Crippen molar-refractivity contribution >= 4 is 23.1 Å². The van der Waals surface area contributed by atoms with E-state index in [1.807, 2.05) is 24.3 Å². The lowest BCUT2D eigenvalue weighted by Gasteiger charge is -2.07. The van der Waals surface area contributed by atoms with Crippen LogP contribution in [0.5, 0.6) is 0 Å². The van der Waals surface area contributed by atoms with Gasteiger partial charge in [0.05, 0.1) is 24.4 Å². The number of carbonyl (C=O) groups excluding carboxylic acids is 1. The predicted molar refractivity (Wildman–Crippen MR) is 104 cm³/mol. The lowest BCUT2D eigenvalue weighted by molar-refractivity contribution is 0.0951. The van der Waals surface area contributed by atoms with E-state index in [0.29, 0.717) is 24.4 Å². The number of hydrogen-bond donors (Lipinski definition) is 2. The summed E-state index contributed by atoms with van der Waals surface area (Å²) in [6.45, 7) is 0.836. The number of aromatic nitrogens is 1. The summed E-state index contributed by atoms with van der Waals surface area (Å²) in [5, 5.41) is 2.90. The number of carbonyl (C=O) groups is 1. The zero-order valence-corrected chi connectivity index (χ0v) is 15.4. The number of nitrogens with one attached hydrogen (secondary N) is 1. The van der Waals surface area contributed by atoms with Gasteiger partial charge in [-0.05, 0) is 29.8 Å². The average Bonchev–Trinajstić information content (AvgIpc) is 3.08. The van der Waals surface area contributed by atoms with E-state index < -0.39 is 0 Å². The largest absolute Gasteiger partial charge is 0.383 e. The quantitative estimate of drug-likeness (QED) is 0.671. The molecule has 5 nitrogen and oxygen atoms in total. The average molecular weight is 367 g/mol. The molecule has 3 aromatic rings. The number of anilines is 1. The van der Waals surface area contributed by atoms with Crippen LogP contribution in [0.4, 0.5) is 5.82 Å². The number of nitrogens with zero attached hydrogens (tertiary/aromatic N) is 1. The zero-order chi connectivity index (χ0) is 18.4. The maximum Gasteiger partial charge on any atom is 0.255 e. The van der Waals surface area contributed by atoms with Gasteiger partial charge in [-0.2, -0.15) is 0 Å². The van der Waals surface area contributed by atoms with Crippen molar-refractivity contribution in [1.82, 2.24) is 10.3 Å². The van der Waals surface area contributed by atoms with Crippen molar-refractivity contribution in [3.8, 4) is 0 Å². The number of rotatable bonds is 7. The third kappa shape index (κ3) is 4.68. The Kier molecular flexibility index (Phi) is 5.99. The van der Waals surface area contributed by atoms with Crippen LogP contribution in [-0.4, -0.2) is 18.0 Å². The minimum absolute atomic E-state index is 0.216. The monoisotopic (exact) mass is 367 g/mol. The highest BCUT2D eigenvalue weighted by Crippen LogP contribution is 2.20. The number of benzene rings is 1. The van der Waals surface area contributed by atoms with Crippen molar-refractivity contribution in [2.24, 2.45) is 0 Å². The molecule has 0 aliphatic carbocycles. The van der Waals surface area contributed by atoms with Crippen LogP contribution in [0, 0.1) is 0 Å². The minimum atomic E-state index is -0.225. The summed E-state index contributed by atoms with van der Waals surface area (Å²) in [4.78, 5) is 18.9. The number of ether oxygens (including phenoxy) is 1. The molecule has 0 bridgehead atoms. The van der Waals surface area contributed by atoms with E-state index >= 15 is 0 Å². The number of methoxy groups -OCH3 is 1. The Bertz CT molecular complexity index is 878. The molecule has 3 N–H and O–H groups in total. The van der Waals surface area contributed by atoms with Crippen molar-refractivity contribution in [3.05, 3.63) is 81.2 Å². The first-order valence-corrected chi connectivity index (χ1v) is 9.11. The van der Waals surface area contributed by atoms with Crippen LogP contribution >= 0.6 is 11.3 Å². The van der Waals surface area contributed by atoms with E-state index in [1.165, 1.54) is 10.4 Å². The van der Waals surface area contributed by atoms with Gasteiger partial charge in [-0.1, -0.05) is 30.3 Å². The Labute approximate surface area is 156 Å². The normalized spacial score (nSPS) is 10.7. The second kappa shape index (κ2) is 8.60. The van der Waals surface area contributed by atoms with E-state index in [0.717, 1.165) is 11.3 Å². The number of nitrogens with two attached hydrogens (primary N) is 1. The van der Waals surface area contributed by atoms with Gasteiger partial charge in [-0.3, -0.25) is 4.79 Å². The Hall–Kier alpha value is -2.70. The van der Waals surface area contributed by atoms with Crippen molar-refractivity contribution in [2.75, 3.05) is 12.8 Å². The van der Waals surface area contributed by atoms with E-state index in [2.05, 4.69) is 28.5 Å². The highest BCUT2D eigenvalue weighted by Gasteiger charge is 2.12. The Morgan fingerprint density at radius 2 is 1.88 bits per heavy atom. The molecular weight excluding hydrogens is 346 g/mol. The van der Waals surface area contributed by atoms with Crippen LogP contribution < -0.4 is 11.1 Å². The van der Waals surface area contributed by atoms with Crippen LogP contribution in [0.15, 0.2) is 54.6 Å². The lowest BCUT2D eigenvalue weighted by Crippen LogP contribution is -2.24. The highest BCUT2D eigenvalue weighted by atomic mass is 32.1. The summed E-state index contributed by atoms with van der Waals surface area (Å²) in [6.07, 6.45) is 0.900. The Balaban J connectivity index is 1.58. The molecule has 1 amide bonds. The summed E-state index contributed by atoms with van der Waals surface area (Å²) < 4.78 is 5.02. The number of thiophene rings is 1. The summed E-state index contributed by atoms with van der Waals surface area (Å²) in [5.74, 6) is -0.00928. The van der Waals surface area contributed by atoms with E-state index in [1.54, 1.807) is 30.6 Å². The molecule has 0 aliphatic heterocycles. The number of nitrogen functional groups attached to an aromatic ring is 1. The van der Waals surface area contributed by atoms with Gasteiger partial charge in [0.15, 0.2) is 0 Å². The molecule has 6 heteroatoms. The summed E-state index contributed by atoms with van der Waals surface area (Å²) in [7, 11) is 1.59. The number of hydrogen-bond acceptors (Lipinski definition) is 5.